The number of amides is 1. The quantitative estimate of drug-likeness (QED) is 0.783. The summed E-state index contributed by atoms with van der Waals surface area (Å²) in [4.78, 5) is 14.1. The van der Waals surface area contributed by atoms with E-state index in [1.807, 2.05) is 23.1 Å². The van der Waals surface area contributed by atoms with E-state index in [2.05, 4.69) is 19.1 Å². The number of carbonyl (C=O) groups excluding carboxylic acids is 1. The van der Waals surface area contributed by atoms with Crippen molar-refractivity contribution in [3.63, 3.8) is 0 Å². The molecular weight excluding hydrogens is 300 g/mol. The highest BCUT2D eigenvalue weighted by Crippen LogP contribution is 2.31. The minimum atomic E-state index is 0. The normalized spacial score (nSPS) is 20.7. The molecule has 1 aliphatic rings. The molecule has 1 aliphatic heterocycles. The van der Waals surface area contributed by atoms with E-state index in [0.29, 0.717) is 25.0 Å². The highest BCUT2D eigenvalue weighted by atomic mass is 35.5. The lowest BCUT2D eigenvalue weighted by atomic mass is 9.89. The first kappa shape index (κ1) is 18.9. The van der Waals surface area contributed by atoms with Crippen molar-refractivity contribution in [2.75, 3.05) is 32.8 Å². The second-order valence-corrected chi connectivity index (χ2v) is 5.72. The number of nitrogens with zero attached hydrogens (tertiary/aromatic N) is 1. The Morgan fingerprint density at radius 1 is 1.32 bits per heavy atom. The van der Waals surface area contributed by atoms with Gasteiger partial charge in [0.1, 0.15) is 6.61 Å². The third kappa shape index (κ3) is 4.97. The Labute approximate surface area is 139 Å². The Balaban J connectivity index is 0.00000242. The monoisotopic (exact) mass is 326 g/mol. The summed E-state index contributed by atoms with van der Waals surface area (Å²) in [6.45, 7) is 5.08. The maximum atomic E-state index is 12.2. The summed E-state index contributed by atoms with van der Waals surface area (Å²) in [5.41, 5.74) is 7.17. The second-order valence-electron chi connectivity index (χ2n) is 5.72. The highest BCUT2D eigenvalue weighted by Gasteiger charge is 2.34. The second kappa shape index (κ2) is 9.82. The van der Waals surface area contributed by atoms with E-state index in [0.717, 1.165) is 25.9 Å². The predicted octanol–water partition coefficient (Wildman–Crippen LogP) is 2.43. The molecule has 4 nitrogen and oxygen atoms in total. The van der Waals surface area contributed by atoms with Crippen LogP contribution in [-0.2, 0) is 9.53 Å². The molecule has 2 rings (SSSR count). The van der Waals surface area contributed by atoms with Crippen LogP contribution in [0.2, 0.25) is 0 Å². The van der Waals surface area contributed by atoms with Crippen molar-refractivity contribution < 1.29 is 9.53 Å². The predicted molar refractivity (Wildman–Crippen MR) is 91.3 cm³/mol. The molecule has 0 aliphatic carbocycles. The van der Waals surface area contributed by atoms with Crippen LogP contribution in [0.3, 0.4) is 0 Å². The van der Waals surface area contributed by atoms with Crippen LogP contribution in [0.1, 0.15) is 31.2 Å². The molecule has 0 radical (unpaired) electrons. The zero-order chi connectivity index (χ0) is 15.1. The molecule has 1 saturated heterocycles. The van der Waals surface area contributed by atoms with E-state index in [9.17, 15) is 4.79 Å². The molecule has 1 heterocycles. The third-order valence-corrected chi connectivity index (χ3v) is 4.19. The van der Waals surface area contributed by atoms with Crippen LogP contribution in [0, 0.1) is 5.92 Å². The van der Waals surface area contributed by atoms with Gasteiger partial charge >= 0.3 is 0 Å². The minimum absolute atomic E-state index is 0. The van der Waals surface area contributed by atoms with E-state index >= 15 is 0 Å². The Morgan fingerprint density at radius 3 is 2.68 bits per heavy atom. The number of carbonyl (C=O) groups is 1. The van der Waals surface area contributed by atoms with Crippen LogP contribution in [0.5, 0.6) is 0 Å². The summed E-state index contributed by atoms with van der Waals surface area (Å²) in [6, 6.07) is 10.3. The standard InChI is InChI=1S/C17H26N2O2.ClH/c1-2-3-9-21-13-17(20)19-11-15(10-18)16(12-19)14-7-5-4-6-8-14;/h4-8,15-16H,2-3,9-13,18H2,1H3;1H/t15-,16+;/m1./s1. The van der Waals surface area contributed by atoms with Gasteiger partial charge in [-0.1, -0.05) is 43.7 Å². The third-order valence-electron chi connectivity index (χ3n) is 4.19. The van der Waals surface area contributed by atoms with Gasteiger partial charge in [0.2, 0.25) is 5.91 Å². The SMILES string of the molecule is CCCCOCC(=O)N1C[C@@H](CN)[C@H](c2ccccc2)C1.Cl. The minimum Gasteiger partial charge on any atom is -0.372 e. The number of rotatable bonds is 7. The number of ether oxygens (including phenoxy) is 1. The number of hydrogen-bond donors (Lipinski definition) is 1. The fourth-order valence-corrected chi connectivity index (χ4v) is 2.89. The van der Waals surface area contributed by atoms with Gasteiger partial charge in [-0.25, -0.2) is 0 Å². The average Bonchev–Trinajstić information content (AvgIpc) is 2.96. The van der Waals surface area contributed by atoms with Crippen LogP contribution in [0.4, 0.5) is 0 Å². The molecule has 5 heteroatoms. The van der Waals surface area contributed by atoms with Crippen molar-refractivity contribution in [1.29, 1.82) is 0 Å². The van der Waals surface area contributed by atoms with Crippen molar-refractivity contribution in [2.24, 2.45) is 11.7 Å². The van der Waals surface area contributed by atoms with Gasteiger partial charge in [-0.3, -0.25) is 4.79 Å². The zero-order valence-corrected chi connectivity index (χ0v) is 14.1. The average molecular weight is 327 g/mol. The molecule has 124 valence electrons. The van der Waals surface area contributed by atoms with Gasteiger partial charge in [-0.15, -0.1) is 12.4 Å². The molecule has 1 aromatic carbocycles. The molecule has 2 N–H and O–H groups in total. The van der Waals surface area contributed by atoms with Crippen LogP contribution in [-0.4, -0.2) is 43.7 Å². The van der Waals surface area contributed by atoms with Gasteiger partial charge in [-0.05, 0) is 24.4 Å². The molecule has 0 aromatic heterocycles. The summed E-state index contributed by atoms with van der Waals surface area (Å²) in [5.74, 6) is 0.769. The molecule has 1 aromatic rings. The van der Waals surface area contributed by atoms with Gasteiger partial charge in [0.05, 0.1) is 0 Å². The molecule has 22 heavy (non-hydrogen) atoms. The van der Waals surface area contributed by atoms with Crippen LogP contribution in [0.25, 0.3) is 0 Å². The number of halogens is 1. The topological polar surface area (TPSA) is 55.6 Å². The first-order valence-corrected chi connectivity index (χ1v) is 7.86. The largest absolute Gasteiger partial charge is 0.372 e. The Kier molecular flexibility index (Phi) is 8.46. The first-order chi connectivity index (χ1) is 10.3. The van der Waals surface area contributed by atoms with E-state index < -0.39 is 0 Å². The lowest BCUT2D eigenvalue weighted by Crippen LogP contribution is -2.33. The van der Waals surface area contributed by atoms with Crippen LogP contribution in [0.15, 0.2) is 30.3 Å². The highest BCUT2D eigenvalue weighted by molar-refractivity contribution is 5.85. The molecule has 1 fully saturated rings. The number of likely N-dealkylation sites (tertiary alicyclic amines) is 1. The molecule has 0 bridgehead atoms. The fourth-order valence-electron chi connectivity index (χ4n) is 2.89. The van der Waals surface area contributed by atoms with Gasteiger partial charge in [0, 0.05) is 25.6 Å². The maximum absolute atomic E-state index is 12.2. The molecular formula is C17H27ClN2O2. The number of hydrogen-bond acceptors (Lipinski definition) is 3. The van der Waals surface area contributed by atoms with Crippen molar-refractivity contribution in [3.8, 4) is 0 Å². The molecule has 0 spiro atoms. The summed E-state index contributed by atoms with van der Waals surface area (Å²) in [5, 5.41) is 0. The lowest BCUT2D eigenvalue weighted by Gasteiger charge is -2.17. The van der Waals surface area contributed by atoms with Gasteiger partial charge in [0.15, 0.2) is 0 Å². The Hall–Kier alpha value is -1.10. The fraction of sp³-hybridized carbons (Fsp3) is 0.588. The summed E-state index contributed by atoms with van der Waals surface area (Å²) >= 11 is 0. The van der Waals surface area contributed by atoms with Gasteiger partial charge < -0.3 is 15.4 Å². The van der Waals surface area contributed by atoms with Crippen LogP contribution >= 0.6 is 12.4 Å². The molecule has 2 atom stereocenters. The maximum Gasteiger partial charge on any atom is 0.248 e. The molecule has 0 saturated carbocycles. The first-order valence-electron chi connectivity index (χ1n) is 7.86. The molecule has 0 unspecified atom stereocenters. The number of unbranched alkanes of at least 4 members (excludes halogenated alkanes) is 1. The van der Waals surface area contributed by atoms with E-state index in [-0.39, 0.29) is 24.9 Å². The number of benzene rings is 1. The summed E-state index contributed by atoms with van der Waals surface area (Å²) in [7, 11) is 0. The zero-order valence-electron chi connectivity index (χ0n) is 13.2. The van der Waals surface area contributed by atoms with E-state index in [1.54, 1.807) is 0 Å². The number of nitrogens with two attached hydrogens (primary N) is 1. The summed E-state index contributed by atoms with van der Waals surface area (Å²) < 4.78 is 5.44. The van der Waals surface area contributed by atoms with E-state index in [1.165, 1.54) is 5.56 Å². The molecule has 1 amide bonds. The van der Waals surface area contributed by atoms with Crippen LogP contribution < -0.4 is 5.73 Å². The van der Waals surface area contributed by atoms with E-state index in [4.69, 9.17) is 10.5 Å². The Bertz CT molecular complexity index is 442. The van der Waals surface area contributed by atoms with Crippen molar-refractivity contribution in [1.82, 2.24) is 4.90 Å². The summed E-state index contributed by atoms with van der Waals surface area (Å²) in [6.07, 6.45) is 2.09. The van der Waals surface area contributed by atoms with Crippen molar-refractivity contribution in [3.05, 3.63) is 35.9 Å². The smallest absolute Gasteiger partial charge is 0.248 e. The lowest BCUT2D eigenvalue weighted by molar-refractivity contribution is -0.135. The van der Waals surface area contributed by atoms with Gasteiger partial charge in [-0.2, -0.15) is 0 Å². The van der Waals surface area contributed by atoms with Crippen molar-refractivity contribution >= 4 is 18.3 Å². The van der Waals surface area contributed by atoms with Crippen molar-refractivity contribution in [2.45, 2.75) is 25.7 Å². The Morgan fingerprint density at radius 2 is 2.05 bits per heavy atom. The van der Waals surface area contributed by atoms with Gasteiger partial charge in [0.25, 0.3) is 0 Å².